The Bertz CT molecular complexity index is 860. The standard InChI is InChI=1S/C24H22N2/c1-2-23-18-26(19-25-23)24(20-12-6-3-7-13-20,21-14-8-4-9-15-21)22-16-10-5-11-17-22/h3-19H,2H2,1H3. The topological polar surface area (TPSA) is 17.8 Å². The Kier molecular flexibility index (Phi) is 4.40. The molecule has 0 N–H and O–H groups in total. The molecule has 2 nitrogen and oxygen atoms in total. The summed E-state index contributed by atoms with van der Waals surface area (Å²) in [4.78, 5) is 4.64. The van der Waals surface area contributed by atoms with Crippen molar-refractivity contribution in [2.45, 2.75) is 18.9 Å². The summed E-state index contributed by atoms with van der Waals surface area (Å²) in [6, 6.07) is 32.0. The third kappa shape index (κ3) is 2.64. The van der Waals surface area contributed by atoms with E-state index in [-0.39, 0.29) is 0 Å². The third-order valence-electron chi connectivity index (χ3n) is 4.96. The molecule has 1 aromatic heterocycles. The van der Waals surface area contributed by atoms with E-state index < -0.39 is 5.54 Å². The van der Waals surface area contributed by atoms with Crippen LogP contribution in [0.1, 0.15) is 29.3 Å². The predicted molar refractivity (Wildman–Crippen MR) is 106 cm³/mol. The molecule has 128 valence electrons. The zero-order valence-corrected chi connectivity index (χ0v) is 14.9. The summed E-state index contributed by atoms with van der Waals surface area (Å²) in [6.45, 7) is 2.14. The zero-order valence-electron chi connectivity index (χ0n) is 14.9. The fraction of sp³-hybridized carbons (Fsp3) is 0.125. The van der Waals surface area contributed by atoms with Crippen LogP contribution in [0.3, 0.4) is 0 Å². The average Bonchev–Trinajstić information content (AvgIpc) is 3.21. The van der Waals surface area contributed by atoms with Gasteiger partial charge in [-0.05, 0) is 23.1 Å². The van der Waals surface area contributed by atoms with Gasteiger partial charge in [0, 0.05) is 6.20 Å². The quantitative estimate of drug-likeness (QED) is 0.452. The maximum Gasteiger partial charge on any atom is 0.121 e. The second-order valence-corrected chi connectivity index (χ2v) is 6.43. The maximum absolute atomic E-state index is 4.64. The summed E-state index contributed by atoms with van der Waals surface area (Å²) in [5.74, 6) is 0. The number of nitrogens with zero attached hydrogens (tertiary/aromatic N) is 2. The number of aromatic nitrogens is 2. The third-order valence-corrected chi connectivity index (χ3v) is 4.96. The first-order valence-corrected chi connectivity index (χ1v) is 9.05. The Hall–Kier alpha value is -3.13. The molecule has 0 unspecified atom stereocenters. The normalized spacial score (nSPS) is 11.4. The van der Waals surface area contributed by atoms with E-state index in [2.05, 4.69) is 114 Å². The van der Waals surface area contributed by atoms with Crippen LogP contribution in [0.2, 0.25) is 0 Å². The molecule has 0 atom stereocenters. The lowest BCUT2D eigenvalue weighted by molar-refractivity contribution is 0.514. The Morgan fingerprint density at radius 2 is 1.12 bits per heavy atom. The Labute approximate surface area is 154 Å². The lowest BCUT2D eigenvalue weighted by Gasteiger charge is -2.37. The largest absolute Gasteiger partial charge is 0.319 e. The monoisotopic (exact) mass is 338 g/mol. The SMILES string of the molecule is CCc1cn(C(c2ccccc2)(c2ccccc2)c2ccccc2)cn1. The molecule has 0 amide bonds. The van der Waals surface area contributed by atoms with Gasteiger partial charge in [0.25, 0.3) is 0 Å². The Morgan fingerprint density at radius 1 is 0.692 bits per heavy atom. The Balaban J connectivity index is 2.10. The van der Waals surface area contributed by atoms with E-state index in [4.69, 9.17) is 0 Å². The molecule has 3 aromatic carbocycles. The lowest BCUT2D eigenvalue weighted by atomic mass is 9.77. The molecule has 26 heavy (non-hydrogen) atoms. The van der Waals surface area contributed by atoms with Crippen molar-refractivity contribution in [3.05, 3.63) is 126 Å². The predicted octanol–water partition coefficient (Wildman–Crippen LogP) is 5.29. The fourth-order valence-corrected chi connectivity index (χ4v) is 3.71. The van der Waals surface area contributed by atoms with Gasteiger partial charge >= 0.3 is 0 Å². The second kappa shape index (κ2) is 7.01. The fourth-order valence-electron chi connectivity index (χ4n) is 3.71. The average molecular weight is 338 g/mol. The van der Waals surface area contributed by atoms with E-state index in [9.17, 15) is 0 Å². The van der Waals surface area contributed by atoms with Crippen molar-refractivity contribution in [1.82, 2.24) is 9.55 Å². The summed E-state index contributed by atoms with van der Waals surface area (Å²) >= 11 is 0. The van der Waals surface area contributed by atoms with Gasteiger partial charge in [-0.25, -0.2) is 4.98 Å². The minimum absolute atomic E-state index is 0.454. The lowest BCUT2D eigenvalue weighted by Crippen LogP contribution is -2.36. The summed E-state index contributed by atoms with van der Waals surface area (Å²) in [5, 5.41) is 0. The molecule has 0 saturated carbocycles. The van der Waals surface area contributed by atoms with Gasteiger partial charge in [-0.2, -0.15) is 0 Å². The van der Waals surface area contributed by atoms with Crippen LogP contribution in [0, 0.1) is 0 Å². The highest BCUT2D eigenvalue weighted by atomic mass is 15.1. The molecule has 0 spiro atoms. The molecular formula is C24H22N2. The summed E-state index contributed by atoms with van der Waals surface area (Å²) in [6.07, 6.45) is 5.06. The molecule has 0 aliphatic rings. The van der Waals surface area contributed by atoms with Crippen LogP contribution in [-0.2, 0) is 12.0 Å². The van der Waals surface area contributed by atoms with Crippen molar-refractivity contribution in [1.29, 1.82) is 0 Å². The molecule has 0 fully saturated rings. The molecule has 2 heteroatoms. The van der Waals surface area contributed by atoms with Crippen molar-refractivity contribution >= 4 is 0 Å². The minimum atomic E-state index is -0.454. The van der Waals surface area contributed by atoms with Crippen molar-refractivity contribution in [2.75, 3.05) is 0 Å². The van der Waals surface area contributed by atoms with Crippen LogP contribution in [-0.4, -0.2) is 9.55 Å². The van der Waals surface area contributed by atoms with Gasteiger partial charge in [-0.1, -0.05) is 97.9 Å². The Morgan fingerprint density at radius 3 is 1.46 bits per heavy atom. The summed E-state index contributed by atoms with van der Waals surface area (Å²) in [5.41, 5.74) is 4.30. The molecular weight excluding hydrogens is 316 g/mol. The van der Waals surface area contributed by atoms with Crippen LogP contribution in [0.5, 0.6) is 0 Å². The van der Waals surface area contributed by atoms with Gasteiger partial charge in [0.15, 0.2) is 0 Å². The number of benzene rings is 3. The van der Waals surface area contributed by atoms with Crippen LogP contribution in [0.15, 0.2) is 104 Å². The van der Waals surface area contributed by atoms with Crippen molar-refractivity contribution in [3.63, 3.8) is 0 Å². The van der Waals surface area contributed by atoms with E-state index >= 15 is 0 Å². The number of hydrogen-bond acceptors (Lipinski definition) is 1. The minimum Gasteiger partial charge on any atom is -0.319 e. The molecule has 0 aliphatic heterocycles. The van der Waals surface area contributed by atoms with E-state index in [1.54, 1.807) is 0 Å². The van der Waals surface area contributed by atoms with Crippen LogP contribution >= 0.6 is 0 Å². The highest BCUT2D eigenvalue weighted by Gasteiger charge is 2.38. The first-order chi connectivity index (χ1) is 12.9. The first kappa shape index (κ1) is 16.3. The molecule has 4 rings (SSSR count). The van der Waals surface area contributed by atoms with Crippen LogP contribution in [0.4, 0.5) is 0 Å². The van der Waals surface area contributed by atoms with Crippen molar-refractivity contribution in [3.8, 4) is 0 Å². The van der Waals surface area contributed by atoms with E-state index in [0.717, 1.165) is 12.1 Å². The second-order valence-electron chi connectivity index (χ2n) is 6.43. The molecule has 1 heterocycles. The molecule has 4 aromatic rings. The summed E-state index contributed by atoms with van der Waals surface area (Å²) in [7, 11) is 0. The maximum atomic E-state index is 4.64. The van der Waals surface area contributed by atoms with Gasteiger partial charge in [0.1, 0.15) is 5.54 Å². The van der Waals surface area contributed by atoms with E-state index in [1.165, 1.54) is 16.7 Å². The zero-order chi connectivity index (χ0) is 17.8. The molecule has 0 radical (unpaired) electrons. The van der Waals surface area contributed by atoms with E-state index in [1.807, 2.05) is 6.33 Å². The molecule has 0 aliphatic carbocycles. The van der Waals surface area contributed by atoms with Gasteiger partial charge in [0.05, 0.1) is 12.0 Å². The highest BCUT2D eigenvalue weighted by molar-refractivity contribution is 5.50. The number of hydrogen-bond donors (Lipinski definition) is 0. The highest BCUT2D eigenvalue weighted by Crippen LogP contribution is 2.40. The van der Waals surface area contributed by atoms with Gasteiger partial charge in [0.2, 0.25) is 0 Å². The van der Waals surface area contributed by atoms with Crippen LogP contribution in [0.25, 0.3) is 0 Å². The van der Waals surface area contributed by atoms with Gasteiger partial charge < -0.3 is 4.57 Å². The van der Waals surface area contributed by atoms with E-state index in [0.29, 0.717) is 0 Å². The number of aryl methyl sites for hydroxylation is 1. The van der Waals surface area contributed by atoms with Crippen LogP contribution < -0.4 is 0 Å². The first-order valence-electron chi connectivity index (χ1n) is 9.05. The van der Waals surface area contributed by atoms with Crippen molar-refractivity contribution < 1.29 is 0 Å². The smallest absolute Gasteiger partial charge is 0.121 e. The molecule has 0 bridgehead atoms. The van der Waals surface area contributed by atoms with Crippen molar-refractivity contribution in [2.24, 2.45) is 0 Å². The molecule has 0 saturated heterocycles. The number of imidazole rings is 1. The van der Waals surface area contributed by atoms with Gasteiger partial charge in [-0.15, -0.1) is 0 Å². The summed E-state index contributed by atoms with van der Waals surface area (Å²) < 4.78 is 2.26. The number of rotatable bonds is 5. The van der Waals surface area contributed by atoms with Gasteiger partial charge in [-0.3, -0.25) is 0 Å².